The van der Waals surface area contributed by atoms with Gasteiger partial charge in [-0.05, 0) is 62.4 Å². The molecule has 0 N–H and O–H groups in total. The number of methoxy groups -OCH3 is 1. The number of ketones is 1. The van der Waals surface area contributed by atoms with E-state index in [1.54, 1.807) is 7.11 Å². The number of nitrogens with zero attached hydrogens (tertiary/aromatic N) is 1. The molecule has 0 amide bonds. The summed E-state index contributed by atoms with van der Waals surface area (Å²) in [6.07, 6.45) is 4.67. The zero-order chi connectivity index (χ0) is 19.8. The van der Waals surface area contributed by atoms with Crippen LogP contribution in [0.4, 0.5) is 0 Å². The van der Waals surface area contributed by atoms with Gasteiger partial charge in [0.25, 0.3) is 0 Å². The van der Waals surface area contributed by atoms with E-state index >= 15 is 0 Å². The van der Waals surface area contributed by atoms with Gasteiger partial charge in [0.15, 0.2) is 0 Å². The maximum Gasteiger partial charge on any atom is 0.226 e. The monoisotopic (exact) mass is 377 g/mol. The summed E-state index contributed by atoms with van der Waals surface area (Å²) in [6.45, 7) is 1.93. The van der Waals surface area contributed by atoms with Crippen molar-refractivity contribution in [1.29, 1.82) is 0 Å². The lowest BCUT2D eigenvalue weighted by molar-refractivity contribution is -0.119. The molecule has 0 bridgehead atoms. The number of aryl methyl sites for hydroxylation is 3. The van der Waals surface area contributed by atoms with E-state index in [-0.39, 0.29) is 0 Å². The van der Waals surface area contributed by atoms with Crippen LogP contribution in [0.25, 0.3) is 11.5 Å². The molecule has 3 aromatic rings. The third-order valence-corrected chi connectivity index (χ3v) is 4.86. The van der Waals surface area contributed by atoms with Crippen LogP contribution in [0, 0.1) is 6.92 Å². The molecule has 0 aliphatic carbocycles. The Morgan fingerprint density at radius 1 is 0.964 bits per heavy atom. The molecular weight excluding hydrogens is 350 g/mol. The Bertz CT molecular complexity index is 882. The number of benzene rings is 2. The van der Waals surface area contributed by atoms with E-state index in [0.717, 1.165) is 48.5 Å². The summed E-state index contributed by atoms with van der Waals surface area (Å²) in [5.41, 5.74) is 3.15. The van der Waals surface area contributed by atoms with Gasteiger partial charge in [0.1, 0.15) is 17.3 Å². The highest BCUT2D eigenvalue weighted by Gasteiger charge is 2.12. The van der Waals surface area contributed by atoms with Crippen LogP contribution in [0.1, 0.15) is 42.7 Å². The standard InChI is InChI=1S/C24H27NO3/c1-18-23(25-24(28-18)20-14-16-22(27-2)17-15-20)13-7-12-21(26)11-6-10-19-8-4-3-5-9-19/h3-5,8-9,14-17H,6-7,10-13H2,1-2H3. The fourth-order valence-corrected chi connectivity index (χ4v) is 3.23. The van der Waals surface area contributed by atoms with Crippen LogP contribution in [0.5, 0.6) is 5.75 Å². The molecule has 0 atom stereocenters. The van der Waals surface area contributed by atoms with Crippen LogP contribution < -0.4 is 4.74 Å². The highest BCUT2D eigenvalue weighted by Crippen LogP contribution is 2.24. The number of hydrogen-bond acceptors (Lipinski definition) is 4. The van der Waals surface area contributed by atoms with Crippen molar-refractivity contribution in [3.8, 4) is 17.2 Å². The van der Waals surface area contributed by atoms with Crippen molar-refractivity contribution in [2.24, 2.45) is 0 Å². The first-order valence-electron chi connectivity index (χ1n) is 9.82. The Morgan fingerprint density at radius 3 is 2.32 bits per heavy atom. The normalized spacial score (nSPS) is 10.8. The lowest BCUT2D eigenvalue weighted by Gasteiger charge is -2.02. The Morgan fingerprint density at radius 2 is 1.64 bits per heavy atom. The minimum absolute atomic E-state index is 0.326. The predicted molar refractivity (Wildman–Crippen MR) is 111 cm³/mol. The molecule has 0 fully saturated rings. The van der Waals surface area contributed by atoms with Gasteiger partial charge in [-0.2, -0.15) is 0 Å². The van der Waals surface area contributed by atoms with E-state index in [2.05, 4.69) is 17.1 Å². The minimum Gasteiger partial charge on any atom is -0.497 e. The lowest BCUT2D eigenvalue weighted by atomic mass is 10.0. The summed E-state index contributed by atoms with van der Waals surface area (Å²) in [4.78, 5) is 16.8. The van der Waals surface area contributed by atoms with Gasteiger partial charge in [0.2, 0.25) is 5.89 Å². The summed E-state index contributed by atoms with van der Waals surface area (Å²) in [6, 6.07) is 18.0. The van der Waals surface area contributed by atoms with Crippen molar-refractivity contribution in [1.82, 2.24) is 4.98 Å². The van der Waals surface area contributed by atoms with E-state index in [1.807, 2.05) is 49.4 Å². The number of Topliss-reactive ketones (excluding diaryl/α,β-unsaturated/α-hetero) is 1. The lowest BCUT2D eigenvalue weighted by Crippen LogP contribution is -2.00. The van der Waals surface area contributed by atoms with Gasteiger partial charge < -0.3 is 9.15 Å². The highest BCUT2D eigenvalue weighted by molar-refractivity contribution is 5.78. The van der Waals surface area contributed by atoms with E-state index in [1.165, 1.54) is 5.56 Å². The second-order valence-corrected chi connectivity index (χ2v) is 6.98. The third kappa shape index (κ3) is 5.56. The fraction of sp³-hybridized carbons (Fsp3) is 0.333. The van der Waals surface area contributed by atoms with Crippen LogP contribution in [-0.4, -0.2) is 17.9 Å². The van der Waals surface area contributed by atoms with E-state index in [4.69, 9.17) is 9.15 Å². The van der Waals surface area contributed by atoms with Crippen molar-refractivity contribution < 1.29 is 13.9 Å². The Balaban J connectivity index is 1.44. The van der Waals surface area contributed by atoms with Crippen molar-refractivity contribution >= 4 is 5.78 Å². The quantitative estimate of drug-likeness (QED) is 0.463. The number of aromatic nitrogens is 1. The fourth-order valence-electron chi connectivity index (χ4n) is 3.23. The van der Waals surface area contributed by atoms with Gasteiger partial charge in [-0.1, -0.05) is 30.3 Å². The molecule has 0 spiro atoms. The molecule has 0 saturated carbocycles. The number of ether oxygens (including phenoxy) is 1. The maximum absolute atomic E-state index is 12.1. The molecule has 0 aliphatic rings. The van der Waals surface area contributed by atoms with Crippen LogP contribution in [-0.2, 0) is 17.6 Å². The van der Waals surface area contributed by atoms with Crippen LogP contribution in [0.15, 0.2) is 59.0 Å². The summed E-state index contributed by atoms with van der Waals surface area (Å²) >= 11 is 0. The molecule has 4 heteroatoms. The minimum atomic E-state index is 0.326. The molecular formula is C24H27NO3. The van der Waals surface area contributed by atoms with Crippen molar-refractivity contribution in [3.05, 3.63) is 71.6 Å². The second kappa shape index (κ2) is 9.88. The average Bonchev–Trinajstić information content (AvgIpc) is 3.09. The Labute approximate surface area is 166 Å². The number of oxazole rings is 1. The molecule has 3 rings (SSSR count). The van der Waals surface area contributed by atoms with Crippen molar-refractivity contribution in [2.45, 2.75) is 45.4 Å². The number of carbonyl (C=O) groups is 1. The molecule has 0 aliphatic heterocycles. The van der Waals surface area contributed by atoms with Gasteiger partial charge in [-0.15, -0.1) is 0 Å². The predicted octanol–water partition coefficient (Wildman–Crippen LogP) is 5.57. The summed E-state index contributed by atoms with van der Waals surface area (Å²) in [7, 11) is 1.64. The van der Waals surface area contributed by atoms with Crippen LogP contribution in [0.2, 0.25) is 0 Å². The maximum atomic E-state index is 12.1. The van der Waals surface area contributed by atoms with E-state index in [0.29, 0.717) is 24.5 Å². The third-order valence-electron chi connectivity index (χ3n) is 4.86. The highest BCUT2D eigenvalue weighted by atomic mass is 16.5. The molecule has 1 aromatic heterocycles. The summed E-state index contributed by atoms with van der Waals surface area (Å²) < 4.78 is 11.0. The van der Waals surface area contributed by atoms with E-state index < -0.39 is 0 Å². The SMILES string of the molecule is COc1ccc(-c2nc(CCCC(=O)CCCc3ccccc3)c(C)o2)cc1. The molecule has 0 unspecified atom stereocenters. The molecule has 4 nitrogen and oxygen atoms in total. The smallest absolute Gasteiger partial charge is 0.226 e. The number of carbonyl (C=O) groups excluding carboxylic acids is 1. The van der Waals surface area contributed by atoms with Crippen molar-refractivity contribution in [3.63, 3.8) is 0 Å². The molecule has 28 heavy (non-hydrogen) atoms. The molecule has 0 radical (unpaired) electrons. The van der Waals surface area contributed by atoms with Gasteiger partial charge >= 0.3 is 0 Å². The van der Waals surface area contributed by atoms with Gasteiger partial charge in [0.05, 0.1) is 12.8 Å². The molecule has 146 valence electrons. The molecule has 1 heterocycles. The van der Waals surface area contributed by atoms with Crippen LogP contribution >= 0.6 is 0 Å². The zero-order valence-corrected chi connectivity index (χ0v) is 16.6. The average molecular weight is 377 g/mol. The topological polar surface area (TPSA) is 52.3 Å². The summed E-state index contributed by atoms with van der Waals surface area (Å²) in [5, 5.41) is 0. The second-order valence-electron chi connectivity index (χ2n) is 6.98. The first-order chi connectivity index (χ1) is 13.7. The Hall–Kier alpha value is -2.88. The molecule has 2 aromatic carbocycles. The van der Waals surface area contributed by atoms with Crippen molar-refractivity contribution in [2.75, 3.05) is 7.11 Å². The largest absolute Gasteiger partial charge is 0.497 e. The number of rotatable bonds is 10. The van der Waals surface area contributed by atoms with Crippen LogP contribution in [0.3, 0.4) is 0 Å². The van der Waals surface area contributed by atoms with Gasteiger partial charge in [-0.3, -0.25) is 4.79 Å². The zero-order valence-electron chi connectivity index (χ0n) is 16.6. The Kier molecular flexibility index (Phi) is 7.01. The number of hydrogen-bond donors (Lipinski definition) is 0. The van der Waals surface area contributed by atoms with Gasteiger partial charge in [0, 0.05) is 18.4 Å². The van der Waals surface area contributed by atoms with E-state index in [9.17, 15) is 4.79 Å². The first kappa shape index (κ1) is 19.9. The summed E-state index contributed by atoms with van der Waals surface area (Å²) in [5.74, 6) is 2.57. The molecule has 0 saturated heterocycles. The van der Waals surface area contributed by atoms with Gasteiger partial charge in [-0.25, -0.2) is 4.98 Å². The first-order valence-corrected chi connectivity index (χ1v) is 9.82.